The van der Waals surface area contributed by atoms with Gasteiger partial charge in [-0.2, -0.15) is 13.2 Å². The average molecular weight is 388 g/mol. The van der Waals surface area contributed by atoms with E-state index in [1.807, 2.05) is 0 Å². The molecule has 27 heavy (non-hydrogen) atoms. The number of hydrogen-bond acceptors (Lipinski definition) is 5. The summed E-state index contributed by atoms with van der Waals surface area (Å²) in [5.74, 6) is -2.57. The van der Waals surface area contributed by atoms with Crippen molar-refractivity contribution in [1.29, 1.82) is 0 Å². The van der Waals surface area contributed by atoms with Crippen molar-refractivity contribution in [3.63, 3.8) is 0 Å². The molecule has 2 rings (SSSR count). The summed E-state index contributed by atoms with van der Waals surface area (Å²) in [5.41, 5.74) is -3.17. The van der Waals surface area contributed by atoms with Gasteiger partial charge < -0.3 is 20.1 Å². The molecule has 0 unspecified atom stereocenters. The van der Waals surface area contributed by atoms with E-state index in [4.69, 9.17) is 0 Å². The van der Waals surface area contributed by atoms with Crippen molar-refractivity contribution in [3.8, 4) is 0 Å². The van der Waals surface area contributed by atoms with E-state index >= 15 is 0 Å². The number of alkyl halides is 3. The minimum absolute atomic E-state index is 0.184. The topological polar surface area (TPSA) is 95.9 Å². The van der Waals surface area contributed by atoms with Crippen LogP contribution in [0.15, 0.2) is 30.3 Å². The van der Waals surface area contributed by atoms with E-state index in [2.05, 4.69) is 10.1 Å². The quantitative estimate of drug-likeness (QED) is 0.740. The molecule has 0 aliphatic carbocycles. The van der Waals surface area contributed by atoms with Crippen LogP contribution in [0.2, 0.25) is 0 Å². The zero-order chi connectivity index (χ0) is 20.2. The van der Waals surface area contributed by atoms with Gasteiger partial charge in [-0.15, -0.1) is 0 Å². The maximum Gasteiger partial charge on any atom is 0.436 e. The Balaban J connectivity index is 2.20. The number of halogens is 3. The molecular weight excluding hydrogens is 369 g/mol. The van der Waals surface area contributed by atoms with Crippen molar-refractivity contribution < 1.29 is 37.4 Å². The van der Waals surface area contributed by atoms with Gasteiger partial charge in [0.05, 0.1) is 13.5 Å². The third-order valence-electron chi connectivity index (χ3n) is 4.35. The summed E-state index contributed by atoms with van der Waals surface area (Å²) in [6, 6.07) is 6.61. The number of nitrogens with zero attached hydrogens (tertiary/aromatic N) is 1. The number of amides is 2. The third kappa shape index (κ3) is 4.38. The monoisotopic (exact) mass is 388 g/mol. The predicted octanol–water partition coefficient (Wildman–Crippen LogP) is 1.22. The highest BCUT2D eigenvalue weighted by Crippen LogP contribution is 2.40. The molecule has 0 saturated carbocycles. The Morgan fingerprint density at radius 1 is 1.33 bits per heavy atom. The molecule has 148 valence electrons. The molecule has 2 atom stereocenters. The van der Waals surface area contributed by atoms with Crippen molar-refractivity contribution in [3.05, 3.63) is 35.9 Å². The number of hydrogen-bond donors (Lipinski definition) is 2. The molecule has 1 saturated heterocycles. The number of rotatable bonds is 5. The van der Waals surface area contributed by atoms with Gasteiger partial charge in [0.1, 0.15) is 6.04 Å². The molecule has 0 spiro atoms. The van der Waals surface area contributed by atoms with Crippen LogP contribution in [0.5, 0.6) is 0 Å². The molecule has 1 aliphatic heterocycles. The van der Waals surface area contributed by atoms with E-state index in [9.17, 15) is 32.7 Å². The van der Waals surface area contributed by atoms with E-state index in [1.54, 1.807) is 18.2 Å². The number of nitrogens with one attached hydrogen (secondary N) is 1. The lowest BCUT2D eigenvalue weighted by atomic mass is 9.92. The van der Waals surface area contributed by atoms with Gasteiger partial charge in [0, 0.05) is 18.5 Å². The molecule has 1 aliphatic rings. The molecule has 0 bridgehead atoms. The molecule has 0 aromatic heterocycles. The Bertz CT molecular complexity index is 710. The molecule has 7 nitrogen and oxygen atoms in total. The standard InChI is InChI=1S/C17H19F3N2O5/c1-27-13(23)8-10-22-15(25)12(7-9-16(22,26)17(18,19)20)21-14(24)11-5-3-2-4-6-11/h2-6,12,26H,7-10H2,1H3,(H,21,24)/t12-,16+/m1/s1. The van der Waals surface area contributed by atoms with E-state index < -0.39 is 61.5 Å². The van der Waals surface area contributed by atoms with Crippen LogP contribution < -0.4 is 5.32 Å². The second kappa shape index (κ2) is 7.95. The van der Waals surface area contributed by atoms with Crippen molar-refractivity contribution in [1.82, 2.24) is 10.2 Å². The number of benzene rings is 1. The van der Waals surface area contributed by atoms with Gasteiger partial charge in [0.15, 0.2) is 0 Å². The lowest BCUT2D eigenvalue weighted by molar-refractivity contribution is -0.318. The van der Waals surface area contributed by atoms with Crippen LogP contribution in [0.4, 0.5) is 13.2 Å². The Labute approximate surface area is 153 Å². The number of likely N-dealkylation sites (tertiary alicyclic amines) is 1. The summed E-state index contributed by atoms with van der Waals surface area (Å²) in [5, 5.41) is 12.5. The van der Waals surface area contributed by atoms with Crippen LogP contribution in [-0.2, 0) is 14.3 Å². The number of carbonyl (C=O) groups is 3. The molecule has 2 amide bonds. The summed E-state index contributed by atoms with van der Waals surface area (Å²) >= 11 is 0. The normalized spacial score (nSPS) is 23.1. The van der Waals surface area contributed by atoms with Gasteiger partial charge in [0.2, 0.25) is 11.6 Å². The number of methoxy groups -OCH3 is 1. The van der Waals surface area contributed by atoms with E-state index in [0.29, 0.717) is 0 Å². The minimum Gasteiger partial charge on any atom is -0.469 e. The molecule has 0 radical (unpaired) electrons. The number of ether oxygens (including phenoxy) is 1. The second-order valence-electron chi connectivity index (χ2n) is 6.06. The first-order valence-electron chi connectivity index (χ1n) is 8.13. The van der Waals surface area contributed by atoms with E-state index in [0.717, 1.165) is 7.11 Å². The number of aliphatic hydroxyl groups is 1. The lowest BCUT2D eigenvalue weighted by Crippen LogP contribution is -2.68. The number of piperidine rings is 1. The maximum atomic E-state index is 13.4. The molecule has 1 fully saturated rings. The number of carbonyl (C=O) groups excluding carboxylic acids is 3. The molecule has 1 aromatic carbocycles. The smallest absolute Gasteiger partial charge is 0.436 e. The van der Waals surface area contributed by atoms with Crippen LogP contribution in [0.1, 0.15) is 29.6 Å². The van der Waals surface area contributed by atoms with Gasteiger partial charge >= 0.3 is 12.1 Å². The Kier molecular flexibility index (Phi) is 6.09. The van der Waals surface area contributed by atoms with Crippen LogP contribution >= 0.6 is 0 Å². The highest BCUT2D eigenvalue weighted by Gasteiger charge is 2.62. The van der Waals surface area contributed by atoms with Crippen molar-refractivity contribution in [2.45, 2.75) is 37.2 Å². The molecule has 10 heteroatoms. The Hall–Kier alpha value is -2.62. The molecule has 2 N–H and O–H groups in total. The highest BCUT2D eigenvalue weighted by molar-refractivity contribution is 5.97. The fourth-order valence-electron chi connectivity index (χ4n) is 2.83. The molecular formula is C17H19F3N2O5. The van der Waals surface area contributed by atoms with Crippen LogP contribution in [0, 0.1) is 0 Å². The van der Waals surface area contributed by atoms with Gasteiger partial charge in [-0.3, -0.25) is 14.4 Å². The maximum absolute atomic E-state index is 13.4. The first-order chi connectivity index (χ1) is 12.6. The third-order valence-corrected chi connectivity index (χ3v) is 4.35. The Morgan fingerprint density at radius 2 is 1.96 bits per heavy atom. The summed E-state index contributed by atoms with van der Waals surface area (Å²) < 4.78 is 44.5. The molecule has 1 heterocycles. The zero-order valence-corrected chi connectivity index (χ0v) is 14.5. The second-order valence-corrected chi connectivity index (χ2v) is 6.06. The SMILES string of the molecule is COC(=O)CCN1C(=O)[C@H](NC(=O)c2ccccc2)CC[C@]1(O)C(F)(F)F. The highest BCUT2D eigenvalue weighted by atomic mass is 19.4. The largest absolute Gasteiger partial charge is 0.469 e. The van der Waals surface area contributed by atoms with Gasteiger partial charge in [-0.25, -0.2) is 0 Å². The van der Waals surface area contributed by atoms with Gasteiger partial charge in [-0.05, 0) is 18.6 Å². The molecule has 1 aromatic rings. The summed E-state index contributed by atoms with van der Waals surface area (Å²) in [7, 11) is 1.05. The van der Waals surface area contributed by atoms with Crippen molar-refractivity contribution in [2.75, 3.05) is 13.7 Å². The Morgan fingerprint density at radius 3 is 2.52 bits per heavy atom. The first-order valence-corrected chi connectivity index (χ1v) is 8.13. The fourth-order valence-corrected chi connectivity index (χ4v) is 2.83. The van der Waals surface area contributed by atoms with Crippen LogP contribution in [-0.4, -0.2) is 59.4 Å². The average Bonchev–Trinajstić information content (AvgIpc) is 2.63. The predicted molar refractivity (Wildman–Crippen MR) is 86.3 cm³/mol. The fraction of sp³-hybridized carbons (Fsp3) is 0.471. The summed E-state index contributed by atoms with van der Waals surface area (Å²) in [4.78, 5) is 36.2. The van der Waals surface area contributed by atoms with Crippen molar-refractivity contribution >= 4 is 17.8 Å². The van der Waals surface area contributed by atoms with E-state index in [1.165, 1.54) is 12.1 Å². The lowest BCUT2D eigenvalue weighted by Gasteiger charge is -2.46. The number of esters is 1. The first kappa shape index (κ1) is 20.7. The van der Waals surface area contributed by atoms with E-state index in [-0.39, 0.29) is 10.5 Å². The summed E-state index contributed by atoms with van der Waals surface area (Å²) in [6.07, 6.45) is -6.88. The summed E-state index contributed by atoms with van der Waals surface area (Å²) in [6.45, 7) is -0.695. The van der Waals surface area contributed by atoms with Gasteiger partial charge in [-0.1, -0.05) is 18.2 Å². The zero-order valence-electron chi connectivity index (χ0n) is 14.5. The van der Waals surface area contributed by atoms with Crippen molar-refractivity contribution in [2.24, 2.45) is 0 Å². The van der Waals surface area contributed by atoms with Crippen LogP contribution in [0.3, 0.4) is 0 Å². The van der Waals surface area contributed by atoms with Gasteiger partial charge in [0.25, 0.3) is 5.91 Å². The van der Waals surface area contributed by atoms with Crippen LogP contribution in [0.25, 0.3) is 0 Å². The minimum atomic E-state index is -5.12.